The van der Waals surface area contributed by atoms with Gasteiger partial charge >= 0.3 is 0 Å². The van der Waals surface area contributed by atoms with Crippen LogP contribution in [0.2, 0.25) is 10.0 Å². The molecule has 3 heterocycles. The monoisotopic (exact) mass is 684 g/mol. The fourth-order valence-corrected chi connectivity index (χ4v) is 7.95. The van der Waals surface area contributed by atoms with Crippen LogP contribution in [0.3, 0.4) is 0 Å². The minimum Gasteiger partial charge on any atom is -0.463 e. The maximum absolute atomic E-state index is 14.0. The van der Waals surface area contributed by atoms with Gasteiger partial charge in [-0.1, -0.05) is 62.2 Å². The molecule has 5 atom stereocenters. The number of likely N-dealkylation sites (tertiary alicyclic amines) is 1. The van der Waals surface area contributed by atoms with Crippen molar-refractivity contribution in [2.75, 3.05) is 25.3 Å². The van der Waals surface area contributed by atoms with Gasteiger partial charge in [0.15, 0.2) is 0 Å². The molecule has 2 amide bonds. The number of fused-ring (bicyclic) bond motifs is 1. The van der Waals surface area contributed by atoms with Crippen molar-refractivity contribution in [1.82, 2.24) is 4.90 Å². The molecule has 47 heavy (non-hydrogen) atoms. The highest BCUT2D eigenvalue weighted by Crippen LogP contribution is 2.37. The number of anilines is 1. The molecule has 2 aromatic carbocycles. The highest BCUT2D eigenvalue weighted by atomic mass is 35.5. The predicted octanol–water partition coefficient (Wildman–Crippen LogP) is 8.52. The standard InChI is InChI=1S/C37H46Cl2N2O6/c1-4-33-35(47-21-46-33)13-23(3)25-14-26(19-44-27-11-9-22(2)10-12-27)41(18-25)36(42)16-24-15-31(39)32(17-30(24)38)40-37(43)29-20-45-34-8-6-5-7-28(29)34/h5-8,15,17,20,22-23,25-27,33,35H,4,9-14,16,18-19,21H2,1-3H3,(H,40,43)/t22?,23-,25?,26+,27?,33+,35?/m1/s1. The Morgan fingerprint density at radius 1 is 1.06 bits per heavy atom. The molecule has 3 fully saturated rings. The van der Waals surface area contributed by atoms with E-state index in [0.29, 0.717) is 69.6 Å². The van der Waals surface area contributed by atoms with Crippen molar-refractivity contribution in [3.8, 4) is 0 Å². The van der Waals surface area contributed by atoms with Crippen molar-refractivity contribution in [3.05, 3.63) is 63.8 Å². The molecule has 1 saturated carbocycles. The van der Waals surface area contributed by atoms with E-state index in [1.54, 1.807) is 18.2 Å². The van der Waals surface area contributed by atoms with Gasteiger partial charge in [0.1, 0.15) is 18.6 Å². The van der Waals surface area contributed by atoms with E-state index in [4.69, 9.17) is 41.8 Å². The van der Waals surface area contributed by atoms with Crippen molar-refractivity contribution < 1.29 is 28.2 Å². The second kappa shape index (κ2) is 15.3. The van der Waals surface area contributed by atoms with Crippen LogP contribution in [0.15, 0.2) is 47.1 Å². The lowest BCUT2D eigenvalue weighted by Gasteiger charge is -2.30. The summed E-state index contributed by atoms with van der Waals surface area (Å²) in [6.45, 7) is 8.26. The Morgan fingerprint density at radius 2 is 1.83 bits per heavy atom. The summed E-state index contributed by atoms with van der Waals surface area (Å²) >= 11 is 13.4. The summed E-state index contributed by atoms with van der Waals surface area (Å²) in [5, 5.41) is 4.23. The van der Waals surface area contributed by atoms with E-state index in [-0.39, 0.29) is 42.6 Å². The molecule has 0 bridgehead atoms. The number of halogens is 2. The number of benzene rings is 2. The van der Waals surface area contributed by atoms with Crippen LogP contribution < -0.4 is 5.32 Å². The van der Waals surface area contributed by atoms with E-state index < -0.39 is 0 Å². The predicted molar refractivity (Wildman–Crippen MR) is 184 cm³/mol. The number of carbonyl (C=O) groups excluding carboxylic acids is 2. The molecule has 1 N–H and O–H groups in total. The number of ether oxygens (including phenoxy) is 3. The van der Waals surface area contributed by atoms with E-state index in [1.165, 1.54) is 19.1 Å². The Bertz CT molecular complexity index is 1550. The number of carbonyl (C=O) groups is 2. The third-order valence-corrected chi connectivity index (χ3v) is 11.2. The van der Waals surface area contributed by atoms with Gasteiger partial charge in [-0.15, -0.1) is 0 Å². The van der Waals surface area contributed by atoms with Gasteiger partial charge < -0.3 is 28.8 Å². The van der Waals surface area contributed by atoms with Crippen LogP contribution in [0.4, 0.5) is 5.69 Å². The quantitative estimate of drug-likeness (QED) is 0.218. The van der Waals surface area contributed by atoms with E-state index in [9.17, 15) is 9.59 Å². The first-order chi connectivity index (χ1) is 22.7. The van der Waals surface area contributed by atoms with Crippen LogP contribution in [0.5, 0.6) is 0 Å². The van der Waals surface area contributed by atoms with Crippen LogP contribution in [0.1, 0.15) is 81.6 Å². The molecule has 254 valence electrons. The summed E-state index contributed by atoms with van der Waals surface area (Å²) in [4.78, 5) is 29.1. The van der Waals surface area contributed by atoms with Gasteiger partial charge in [-0.05, 0) is 86.5 Å². The van der Waals surface area contributed by atoms with Crippen LogP contribution in [-0.2, 0) is 25.4 Å². The van der Waals surface area contributed by atoms with E-state index in [2.05, 4.69) is 26.1 Å². The van der Waals surface area contributed by atoms with Crippen molar-refractivity contribution in [2.24, 2.45) is 17.8 Å². The number of rotatable bonds is 11. The van der Waals surface area contributed by atoms with Crippen LogP contribution in [0.25, 0.3) is 11.0 Å². The van der Waals surface area contributed by atoms with E-state index in [0.717, 1.165) is 38.0 Å². The fraction of sp³-hybridized carbons (Fsp3) is 0.568. The maximum atomic E-state index is 14.0. The average molecular weight is 686 g/mol. The Balaban J connectivity index is 1.13. The second-order valence-corrected chi connectivity index (χ2v) is 14.6. The fourth-order valence-electron chi connectivity index (χ4n) is 7.49. The van der Waals surface area contributed by atoms with E-state index in [1.807, 2.05) is 23.1 Å². The first-order valence-corrected chi connectivity index (χ1v) is 17.9. The van der Waals surface area contributed by atoms with Gasteiger partial charge in [0.25, 0.3) is 5.91 Å². The minimum absolute atomic E-state index is 0.00271. The molecule has 8 nitrogen and oxygen atoms in total. The number of para-hydroxylation sites is 1. The number of amides is 2. The molecule has 2 aliphatic heterocycles. The minimum atomic E-state index is -0.357. The Labute approximate surface area is 287 Å². The maximum Gasteiger partial charge on any atom is 0.259 e. The van der Waals surface area contributed by atoms with Gasteiger partial charge in [0, 0.05) is 17.0 Å². The lowest BCUT2D eigenvalue weighted by atomic mass is 9.86. The molecule has 6 rings (SSSR count). The molecule has 1 aromatic heterocycles. The Morgan fingerprint density at radius 3 is 2.62 bits per heavy atom. The topological polar surface area (TPSA) is 90.2 Å². The molecule has 0 radical (unpaired) electrons. The zero-order chi connectivity index (χ0) is 33.1. The molecule has 1 aliphatic carbocycles. The average Bonchev–Trinajstić information content (AvgIpc) is 3.81. The molecule has 0 spiro atoms. The SMILES string of the molecule is CC[C@@H]1OCOC1C[C@@H](C)C1C[C@@H](COC2CCC(C)CC2)N(C(=O)Cc2cc(Cl)c(NC(=O)c3coc4ccccc34)cc2Cl)C1. The summed E-state index contributed by atoms with van der Waals surface area (Å²) in [7, 11) is 0. The van der Waals surface area contributed by atoms with E-state index >= 15 is 0 Å². The normalized spacial score (nSPS) is 27.0. The summed E-state index contributed by atoms with van der Waals surface area (Å²) in [5.74, 6) is 1.08. The Hall–Kier alpha value is -2.62. The van der Waals surface area contributed by atoms with Crippen LogP contribution in [0, 0.1) is 17.8 Å². The highest BCUT2D eigenvalue weighted by Gasteiger charge is 2.40. The van der Waals surface area contributed by atoms with Crippen LogP contribution in [-0.4, -0.2) is 61.0 Å². The highest BCUT2D eigenvalue weighted by molar-refractivity contribution is 6.36. The van der Waals surface area contributed by atoms with Gasteiger partial charge in [-0.25, -0.2) is 0 Å². The van der Waals surface area contributed by atoms with Gasteiger partial charge in [-0.3, -0.25) is 9.59 Å². The third kappa shape index (κ3) is 8.00. The van der Waals surface area contributed by atoms with Gasteiger partial charge in [0.2, 0.25) is 5.91 Å². The summed E-state index contributed by atoms with van der Waals surface area (Å²) < 4.78 is 23.7. The molecular formula is C37H46Cl2N2O6. The summed E-state index contributed by atoms with van der Waals surface area (Å²) in [6.07, 6.45) is 9.26. The number of hydrogen-bond donors (Lipinski definition) is 1. The van der Waals surface area contributed by atoms with Crippen molar-refractivity contribution in [1.29, 1.82) is 0 Å². The van der Waals surface area contributed by atoms with Gasteiger partial charge in [0.05, 0.1) is 53.7 Å². The number of furan rings is 1. The zero-order valence-electron chi connectivity index (χ0n) is 27.5. The van der Waals surface area contributed by atoms with Crippen molar-refractivity contribution in [3.63, 3.8) is 0 Å². The Kier molecular flexibility index (Phi) is 11.1. The first-order valence-electron chi connectivity index (χ1n) is 17.1. The lowest BCUT2D eigenvalue weighted by molar-refractivity contribution is -0.133. The van der Waals surface area contributed by atoms with Crippen molar-refractivity contribution in [2.45, 2.75) is 96.5 Å². The smallest absolute Gasteiger partial charge is 0.259 e. The number of hydrogen-bond acceptors (Lipinski definition) is 6. The first kappa shape index (κ1) is 34.3. The molecule has 3 aliphatic rings. The number of nitrogens with one attached hydrogen (secondary N) is 1. The zero-order valence-corrected chi connectivity index (χ0v) is 29.0. The van der Waals surface area contributed by atoms with Gasteiger partial charge in [-0.2, -0.15) is 0 Å². The largest absolute Gasteiger partial charge is 0.463 e. The summed E-state index contributed by atoms with van der Waals surface area (Å²) in [5.41, 5.74) is 2.01. The molecule has 10 heteroatoms. The number of nitrogens with zero attached hydrogens (tertiary/aromatic N) is 1. The summed E-state index contributed by atoms with van der Waals surface area (Å²) in [6, 6.07) is 10.6. The molecular weight excluding hydrogens is 639 g/mol. The van der Waals surface area contributed by atoms with Crippen LogP contribution >= 0.6 is 23.2 Å². The second-order valence-electron chi connectivity index (χ2n) is 13.8. The third-order valence-electron chi connectivity index (χ3n) is 10.5. The molecule has 2 saturated heterocycles. The molecule has 3 aromatic rings. The van der Waals surface area contributed by atoms with Crippen molar-refractivity contribution >= 4 is 51.7 Å². The molecule has 2 unspecified atom stereocenters. The lowest BCUT2D eigenvalue weighted by Crippen LogP contribution is -2.40.